The molecule has 1 aromatic carbocycles. The Labute approximate surface area is 179 Å². The number of carbonyl (C=O) groups is 2. The van der Waals surface area contributed by atoms with Gasteiger partial charge in [0.25, 0.3) is 0 Å². The normalized spacial score (nSPS) is 16.6. The molecule has 0 amide bonds. The van der Waals surface area contributed by atoms with E-state index in [0.29, 0.717) is 22.5 Å². The average molecular weight is 419 g/mol. The summed E-state index contributed by atoms with van der Waals surface area (Å²) in [5.74, 6) is -0.990. The highest BCUT2D eigenvalue weighted by Crippen LogP contribution is 2.43. The Morgan fingerprint density at radius 2 is 1.80 bits per heavy atom. The topological polar surface area (TPSA) is 68.3 Å². The number of pyridine rings is 1. The van der Waals surface area contributed by atoms with E-state index in [2.05, 4.69) is 10.3 Å². The predicted molar refractivity (Wildman–Crippen MR) is 118 cm³/mol. The molecule has 0 spiro atoms. The molecular formula is C24H22N2O3S. The minimum atomic E-state index is -0.476. The number of hydrogen-bond acceptors (Lipinski definition) is 6. The quantitative estimate of drug-likeness (QED) is 0.599. The Morgan fingerprint density at radius 3 is 2.53 bits per heavy atom. The van der Waals surface area contributed by atoms with Gasteiger partial charge >= 0.3 is 5.97 Å². The lowest BCUT2D eigenvalue weighted by Gasteiger charge is -2.30. The molecule has 1 atom stereocenters. The molecule has 0 radical (unpaired) electrons. The van der Waals surface area contributed by atoms with Gasteiger partial charge in [-0.05, 0) is 55.3 Å². The van der Waals surface area contributed by atoms with Crippen molar-refractivity contribution in [3.8, 4) is 0 Å². The summed E-state index contributed by atoms with van der Waals surface area (Å²) in [6.07, 6.45) is 1.66. The lowest BCUT2D eigenvalue weighted by Crippen LogP contribution is -2.31. The van der Waals surface area contributed by atoms with E-state index < -0.39 is 11.9 Å². The van der Waals surface area contributed by atoms with E-state index in [1.807, 2.05) is 61.7 Å². The summed E-state index contributed by atoms with van der Waals surface area (Å²) in [5.41, 5.74) is 4.14. The maximum atomic E-state index is 13.2. The monoisotopic (exact) mass is 418 g/mol. The van der Waals surface area contributed by atoms with Gasteiger partial charge in [0.1, 0.15) is 6.61 Å². The Bertz CT molecular complexity index is 1190. The fourth-order valence-corrected chi connectivity index (χ4v) is 4.95. The fourth-order valence-electron chi connectivity index (χ4n) is 3.97. The summed E-state index contributed by atoms with van der Waals surface area (Å²) in [4.78, 5) is 30.1. The third kappa shape index (κ3) is 3.66. The van der Waals surface area contributed by atoms with Crippen molar-refractivity contribution in [1.82, 2.24) is 10.3 Å². The molecule has 0 fully saturated rings. The molecular weight excluding hydrogens is 396 g/mol. The van der Waals surface area contributed by atoms with Gasteiger partial charge in [0.15, 0.2) is 5.78 Å². The number of nitrogens with one attached hydrogen (secondary N) is 1. The first-order valence-electron chi connectivity index (χ1n) is 9.70. The van der Waals surface area contributed by atoms with Gasteiger partial charge in [-0.15, -0.1) is 11.3 Å². The number of dihydropyridines is 1. The van der Waals surface area contributed by atoms with Crippen LogP contribution in [0.15, 0.2) is 76.6 Å². The van der Waals surface area contributed by atoms with E-state index in [1.54, 1.807) is 24.5 Å². The number of esters is 1. The third-order valence-corrected chi connectivity index (χ3v) is 6.24. The second-order valence-electron chi connectivity index (χ2n) is 7.28. The summed E-state index contributed by atoms with van der Waals surface area (Å²) in [5, 5.41) is 6.29. The molecule has 0 bridgehead atoms. The minimum Gasteiger partial charge on any atom is -0.456 e. The van der Waals surface area contributed by atoms with Crippen LogP contribution in [0.2, 0.25) is 0 Å². The van der Waals surface area contributed by atoms with E-state index in [9.17, 15) is 9.59 Å². The number of nitrogens with zero attached hydrogens (tertiary/aromatic N) is 1. The summed E-state index contributed by atoms with van der Waals surface area (Å²) in [6.45, 7) is 5.34. The van der Waals surface area contributed by atoms with Crippen molar-refractivity contribution in [2.45, 2.75) is 33.3 Å². The zero-order valence-corrected chi connectivity index (χ0v) is 17.9. The molecule has 2 aromatic heterocycles. The fraction of sp³-hybridized carbons (Fsp3) is 0.208. The summed E-state index contributed by atoms with van der Waals surface area (Å²) in [7, 11) is 0. The van der Waals surface area contributed by atoms with Crippen molar-refractivity contribution in [3.05, 3.63) is 87.8 Å². The number of allylic oxidation sites excluding steroid dienone is 3. The van der Waals surface area contributed by atoms with Crippen LogP contribution in [0.25, 0.3) is 10.1 Å². The number of Topliss-reactive ketones (excluding diaryl/α,β-unsaturated/α-hetero) is 1. The highest BCUT2D eigenvalue weighted by molar-refractivity contribution is 7.17. The average Bonchev–Trinajstić information content (AvgIpc) is 3.16. The highest BCUT2D eigenvalue weighted by Gasteiger charge is 2.37. The summed E-state index contributed by atoms with van der Waals surface area (Å²) >= 11 is 1.61. The first-order chi connectivity index (χ1) is 14.5. The molecule has 1 aliphatic rings. The smallest absolute Gasteiger partial charge is 0.337 e. The van der Waals surface area contributed by atoms with Gasteiger partial charge in [-0.1, -0.05) is 24.3 Å². The maximum absolute atomic E-state index is 13.2. The Morgan fingerprint density at radius 1 is 1.07 bits per heavy atom. The zero-order chi connectivity index (χ0) is 21.3. The van der Waals surface area contributed by atoms with Crippen LogP contribution in [-0.4, -0.2) is 16.7 Å². The van der Waals surface area contributed by atoms with Crippen molar-refractivity contribution in [2.75, 3.05) is 0 Å². The van der Waals surface area contributed by atoms with Crippen molar-refractivity contribution < 1.29 is 14.3 Å². The number of carbonyl (C=O) groups excluding carboxylic acids is 2. The van der Waals surface area contributed by atoms with Gasteiger partial charge in [0.05, 0.1) is 11.3 Å². The van der Waals surface area contributed by atoms with Gasteiger partial charge in [0, 0.05) is 33.8 Å². The second-order valence-corrected chi connectivity index (χ2v) is 8.19. The Kier molecular flexibility index (Phi) is 5.50. The first kappa shape index (κ1) is 20.0. The molecule has 3 aromatic rings. The van der Waals surface area contributed by atoms with Crippen LogP contribution in [0, 0.1) is 0 Å². The standard InChI is InChI=1S/C24H22N2O3S/c1-14-21(16(3)27)23(19-13-30-20-10-5-4-9-18(19)20)22(15(2)26-14)24(28)29-12-17-8-6-7-11-25-17/h4-11,13,23,26H,12H2,1-3H3. The van der Waals surface area contributed by atoms with Crippen molar-refractivity contribution >= 4 is 33.2 Å². The van der Waals surface area contributed by atoms with Crippen molar-refractivity contribution in [2.24, 2.45) is 0 Å². The van der Waals surface area contributed by atoms with Crippen LogP contribution in [-0.2, 0) is 20.9 Å². The summed E-state index contributed by atoms with van der Waals surface area (Å²) in [6, 6.07) is 13.5. The Hall–Kier alpha value is -3.25. The van der Waals surface area contributed by atoms with E-state index >= 15 is 0 Å². The number of fused-ring (bicyclic) bond motifs is 1. The molecule has 5 nitrogen and oxygen atoms in total. The van der Waals surface area contributed by atoms with Crippen molar-refractivity contribution in [3.63, 3.8) is 0 Å². The van der Waals surface area contributed by atoms with Gasteiger partial charge in [0.2, 0.25) is 0 Å². The summed E-state index contributed by atoms with van der Waals surface area (Å²) < 4.78 is 6.73. The molecule has 30 heavy (non-hydrogen) atoms. The molecule has 152 valence electrons. The Balaban J connectivity index is 1.77. The lowest BCUT2D eigenvalue weighted by atomic mass is 9.79. The van der Waals surface area contributed by atoms with Gasteiger partial charge in [-0.25, -0.2) is 4.79 Å². The zero-order valence-electron chi connectivity index (χ0n) is 17.1. The van der Waals surface area contributed by atoms with E-state index in [-0.39, 0.29) is 12.4 Å². The van der Waals surface area contributed by atoms with Crippen LogP contribution in [0.4, 0.5) is 0 Å². The molecule has 6 heteroatoms. The third-order valence-electron chi connectivity index (χ3n) is 5.26. The van der Waals surface area contributed by atoms with Crippen LogP contribution in [0.3, 0.4) is 0 Å². The van der Waals surface area contributed by atoms with Gasteiger partial charge in [-0.3, -0.25) is 9.78 Å². The first-order valence-corrected chi connectivity index (χ1v) is 10.6. The number of thiophene rings is 1. The largest absolute Gasteiger partial charge is 0.456 e. The molecule has 3 heterocycles. The van der Waals surface area contributed by atoms with Crippen LogP contribution < -0.4 is 5.32 Å². The molecule has 1 unspecified atom stereocenters. The highest BCUT2D eigenvalue weighted by atomic mass is 32.1. The predicted octanol–water partition coefficient (Wildman–Crippen LogP) is 4.86. The molecule has 4 rings (SSSR count). The van der Waals surface area contributed by atoms with E-state index in [0.717, 1.165) is 21.3 Å². The molecule has 0 saturated carbocycles. The number of ether oxygens (including phenoxy) is 1. The van der Waals surface area contributed by atoms with E-state index in [1.165, 1.54) is 0 Å². The minimum absolute atomic E-state index is 0.0668. The SMILES string of the molecule is CC(=O)C1=C(C)NC(C)=C(C(=O)OCc2ccccn2)C1c1csc2ccccc12. The van der Waals surface area contributed by atoms with Crippen LogP contribution >= 0.6 is 11.3 Å². The molecule has 1 aliphatic heterocycles. The number of aromatic nitrogens is 1. The molecule has 1 N–H and O–H groups in total. The van der Waals surface area contributed by atoms with Crippen LogP contribution in [0.1, 0.15) is 37.9 Å². The van der Waals surface area contributed by atoms with Crippen molar-refractivity contribution in [1.29, 1.82) is 0 Å². The number of hydrogen-bond donors (Lipinski definition) is 1. The number of rotatable bonds is 5. The van der Waals surface area contributed by atoms with Crippen LogP contribution in [0.5, 0.6) is 0 Å². The molecule has 0 saturated heterocycles. The number of ketones is 1. The second kappa shape index (κ2) is 8.24. The van der Waals surface area contributed by atoms with E-state index in [4.69, 9.17) is 4.74 Å². The van der Waals surface area contributed by atoms with Gasteiger partial charge in [-0.2, -0.15) is 0 Å². The molecule has 0 aliphatic carbocycles. The lowest BCUT2D eigenvalue weighted by molar-refractivity contribution is -0.140. The maximum Gasteiger partial charge on any atom is 0.337 e. The number of benzene rings is 1. The van der Waals surface area contributed by atoms with Gasteiger partial charge < -0.3 is 10.1 Å².